The molecule has 0 bridgehead atoms. The summed E-state index contributed by atoms with van der Waals surface area (Å²) >= 11 is 7.41. The van der Waals surface area contributed by atoms with Crippen molar-refractivity contribution in [3.05, 3.63) is 65.3 Å². The summed E-state index contributed by atoms with van der Waals surface area (Å²) in [7, 11) is 1.35. The number of aliphatic imine (C=N–C) groups is 1. The maximum Gasteiger partial charge on any atom is 0.311 e. The summed E-state index contributed by atoms with van der Waals surface area (Å²) in [6, 6.07) is 14.6. The zero-order valence-corrected chi connectivity index (χ0v) is 17.5. The molecular weight excluding hydrogens is 410 g/mol. The molecule has 6 nitrogen and oxygen atoms in total. The highest BCUT2D eigenvalue weighted by Crippen LogP contribution is 2.32. The molecule has 29 heavy (non-hydrogen) atoms. The van der Waals surface area contributed by atoms with E-state index in [2.05, 4.69) is 15.6 Å². The van der Waals surface area contributed by atoms with Gasteiger partial charge in [-0.15, -0.1) is 0 Å². The molecule has 150 valence electrons. The number of nitrogens with zero attached hydrogens (tertiary/aromatic N) is 1. The smallest absolute Gasteiger partial charge is 0.311 e. The second-order valence-corrected chi connectivity index (χ2v) is 8.01. The molecule has 0 spiro atoms. The fourth-order valence-electron chi connectivity index (χ4n) is 2.60. The van der Waals surface area contributed by atoms with E-state index in [0.717, 1.165) is 11.4 Å². The van der Waals surface area contributed by atoms with Crippen LogP contribution in [0.4, 0.5) is 17.1 Å². The molecule has 3 rings (SSSR count). The van der Waals surface area contributed by atoms with Gasteiger partial charge in [-0.1, -0.05) is 47.6 Å². The van der Waals surface area contributed by atoms with E-state index in [1.54, 1.807) is 37.3 Å². The van der Waals surface area contributed by atoms with Crippen LogP contribution in [0.15, 0.2) is 65.3 Å². The van der Waals surface area contributed by atoms with Crippen molar-refractivity contribution < 1.29 is 14.3 Å². The molecule has 2 N–H and O–H groups in total. The number of anilines is 2. The van der Waals surface area contributed by atoms with E-state index in [1.807, 2.05) is 24.3 Å². The molecule has 2 aromatic carbocycles. The molecule has 0 radical (unpaired) electrons. The molecule has 1 amide bonds. The normalized spacial score (nSPS) is 13.8. The van der Waals surface area contributed by atoms with E-state index in [9.17, 15) is 9.59 Å². The average molecular weight is 430 g/mol. The van der Waals surface area contributed by atoms with Gasteiger partial charge in [0, 0.05) is 5.70 Å². The number of hydrogen-bond donors (Lipinski definition) is 2. The number of esters is 1. The molecule has 0 saturated carbocycles. The second-order valence-electron chi connectivity index (χ2n) is 6.24. The number of carbonyl (C=O) groups is 2. The number of hydrogen-bond acceptors (Lipinski definition) is 6. The third-order valence-electron chi connectivity index (χ3n) is 4.09. The largest absolute Gasteiger partial charge is 0.469 e. The lowest BCUT2D eigenvalue weighted by Crippen LogP contribution is -2.23. The number of amides is 1. The number of thioether (sulfide) groups is 1. The molecule has 0 aromatic heterocycles. The van der Waals surface area contributed by atoms with Crippen molar-refractivity contribution in [3.8, 4) is 0 Å². The fourth-order valence-corrected chi connectivity index (χ4v) is 3.67. The Morgan fingerprint density at radius 1 is 1.21 bits per heavy atom. The Balaban J connectivity index is 1.80. The van der Waals surface area contributed by atoms with Crippen molar-refractivity contribution in [2.75, 3.05) is 17.7 Å². The number of halogens is 1. The highest BCUT2D eigenvalue weighted by Gasteiger charge is 2.20. The molecule has 0 unspecified atom stereocenters. The van der Waals surface area contributed by atoms with Crippen LogP contribution >= 0.6 is 23.4 Å². The molecule has 1 aliphatic rings. The summed E-state index contributed by atoms with van der Waals surface area (Å²) in [5.41, 5.74) is 2.71. The van der Waals surface area contributed by atoms with Gasteiger partial charge < -0.3 is 15.4 Å². The van der Waals surface area contributed by atoms with Crippen LogP contribution < -0.4 is 10.6 Å². The zero-order valence-electron chi connectivity index (χ0n) is 15.9. The first kappa shape index (κ1) is 21.0. The van der Waals surface area contributed by atoms with Gasteiger partial charge in [-0.2, -0.15) is 0 Å². The summed E-state index contributed by atoms with van der Waals surface area (Å²) in [6.45, 7) is 1.79. The summed E-state index contributed by atoms with van der Waals surface area (Å²) in [6.07, 6.45) is 1.84. The Bertz CT molecular complexity index is 991. The number of rotatable bonds is 5. The summed E-state index contributed by atoms with van der Waals surface area (Å²) in [5.74, 6) is -0.559. The predicted octanol–water partition coefficient (Wildman–Crippen LogP) is 5.00. The monoisotopic (exact) mass is 429 g/mol. The number of fused-ring (bicyclic) bond motifs is 1. The minimum Gasteiger partial charge on any atom is -0.469 e. The van der Waals surface area contributed by atoms with E-state index >= 15 is 0 Å². The van der Waals surface area contributed by atoms with Gasteiger partial charge in [0.05, 0.1) is 45.9 Å². The number of benzene rings is 2. The van der Waals surface area contributed by atoms with Gasteiger partial charge in [-0.3, -0.25) is 9.59 Å². The van der Waals surface area contributed by atoms with Crippen LogP contribution in [0.2, 0.25) is 5.02 Å². The molecule has 0 aliphatic carbocycles. The van der Waals surface area contributed by atoms with Crippen molar-refractivity contribution >= 4 is 57.3 Å². The van der Waals surface area contributed by atoms with Gasteiger partial charge >= 0.3 is 5.97 Å². The van der Waals surface area contributed by atoms with Gasteiger partial charge in [-0.05, 0) is 37.3 Å². The number of carbonyl (C=O) groups excluding carboxylic acids is 2. The number of nitrogens with one attached hydrogen (secondary N) is 2. The van der Waals surface area contributed by atoms with Crippen molar-refractivity contribution in [2.24, 2.45) is 4.99 Å². The van der Waals surface area contributed by atoms with E-state index in [-0.39, 0.29) is 18.3 Å². The van der Waals surface area contributed by atoms with Gasteiger partial charge in [0.15, 0.2) is 0 Å². The van der Waals surface area contributed by atoms with E-state index in [1.165, 1.54) is 18.9 Å². The maximum absolute atomic E-state index is 12.6. The quantitative estimate of drug-likeness (QED) is 0.653. The van der Waals surface area contributed by atoms with Gasteiger partial charge in [0.25, 0.3) is 0 Å². The Morgan fingerprint density at radius 2 is 1.93 bits per heavy atom. The lowest BCUT2D eigenvalue weighted by molar-refractivity contribution is -0.139. The van der Waals surface area contributed by atoms with Crippen LogP contribution in [0.3, 0.4) is 0 Å². The third kappa shape index (κ3) is 5.62. The fraction of sp³-hybridized carbons (Fsp3) is 0.190. The van der Waals surface area contributed by atoms with Crippen LogP contribution in [0, 0.1) is 0 Å². The first-order valence-electron chi connectivity index (χ1n) is 8.90. The second kappa shape index (κ2) is 9.62. The predicted molar refractivity (Wildman–Crippen MR) is 119 cm³/mol. The molecule has 1 aliphatic heterocycles. The molecule has 8 heteroatoms. The molecule has 1 heterocycles. The minimum absolute atomic E-state index is 0.0740. The van der Waals surface area contributed by atoms with Crippen molar-refractivity contribution in [1.82, 2.24) is 0 Å². The molecule has 2 aromatic rings. The van der Waals surface area contributed by atoms with Crippen molar-refractivity contribution in [1.29, 1.82) is 0 Å². The maximum atomic E-state index is 12.6. The van der Waals surface area contributed by atoms with Gasteiger partial charge in [0.1, 0.15) is 0 Å². The zero-order chi connectivity index (χ0) is 20.8. The molecule has 1 atom stereocenters. The first-order chi connectivity index (χ1) is 14.0. The summed E-state index contributed by atoms with van der Waals surface area (Å²) < 4.78 is 4.77. The topological polar surface area (TPSA) is 79.8 Å². The summed E-state index contributed by atoms with van der Waals surface area (Å²) in [5, 5.41) is 6.70. The molecule has 0 saturated heterocycles. The average Bonchev–Trinajstić information content (AvgIpc) is 2.87. The van der Waals surface area contributed by atoms with Crippen molar-refractivity contribution in [2.45, 2.75) is 18.6 Å². The first-order valence-corrected chi connectivity index (χ1v) is 10.2. The highest BCUT2D eigenvalue weighted by molar-refractivity contribution is 8.15. The third-order valence-corrected chi connectivity index (χ3v) is 5.44. The number of para-hydroxylation sites is 3. The van der Waals surface area contributed by atoms with E-state index in [4.69, 9.17) is 16.3 Å². The Labute approximate surface area is 178 Å². The van der Waals surface area contributed by atoms with E-state index < -0.39 is 5.25 Å². The Hall–Kier alpha value is -2.77. The molecular formula is C21H20ClN3O3S. The lowest BCUT2D eigenvalue weighted by atomic mass is 10.2. The SMILES string of the molecule is COC(=O)CC1=CC(S[C@@H](C)C(=O)Nc2ccccc2Cl)=Nc2ccccc2N1. The van der Waals surface area contributed by atoms with Crippen LogP contribution in [0.25, 0.3) is 0 Å². The number of ether oxygens (including phenoxy) is 1. The highest BCUT2D eigenvalue weighted by atomic mass is 35.5. The van der Waals surface area contributed by atoms with Crippen LogP contribution in [0.5, 0.6) is 0 Å². The van der Waals surface area contributed by atoms with E-state index in [0.29, 0.717) is 21.5 Å². The number of methoxy groups -OCH3 is 1. The Kier molecular flexibility index (Phi) is 6.95. The van der Waals surface area contributed by atoms with Crippen LogP contribution in [-0.4, -0.2) is 29.3 Å². The van der Waals surface area contributed by atoms with Gasteiger partial charge in [-0.25, -0.2) is 4.99 Å². The minimum atomic E-state index is -0.439. The summed E-state index contributed by atoms with van der Waals surface area (Å²) in [4.78, 5) is 29.0. The Morgan fingerprint density at radius 3 is 2.69 bits per heavy atom. The van der Waals surface area contributed by atoms with Crippen molar-refractivity contribution in [3.63, 3.8) is 0 Å². The van der Waals surface area contributed by atoms with Crippen LogP contribution in [-0.2, 0) is 14.3 Å². The molecule has 0 fully saturated rings. The lowest BCUT2D eigenvalue weighted by Gasteiger charge is -2.13. The van der Waals surface area contributed by atoms with Crippen LogP contribution in [0.1, 0.15) is 13.3 Å². The van der Waals surface area contributed by atoms with Gasteiger partial charge in [0.2, 0.25) is 5.91 Å². The standard InChI is InChI=1S/C21H20ClN3O3S/c1-13(21(27)25-16-8-4-3-7-15(16)22)29-19-11-14(12-20(26)28-2)23-17-9-5-6-10-18(17)24-19/h3-11,13,23H,12H2,1-2H3,(H,25,27)/t13-/m0/s1.